The van der Waals surface area contributed by atoms with Crippen molar-refractivity contribution >= 4 is 23.2 Å². The van der Waals surface area contributed by atoms with Crippen molar-refractivity contribution in [2.45, 2.75) is 38.1 Å². The second kappa shape index (κ2) is 8.41. The van der Waals surface area contributed by atoms with Gasteiger partial charge in [-0.25, -0.2) is 0 Å². The SMILES string of the molecule is COc1cc(NC(=O)CN(C)C2CCCCC2)c(OC)cc1Cl. The van der Waals surface area contributed by atoms with Crippen LogP contribution in [0.5, 0.6) is 11.5 Å². The molecule has 1 fully saturated rings. The fraction of sp³-hybridized carbons (Fsp3) is 0.588. The van der Waals surface area contributed by atoms with Gasteiger partial charge >= 0.3 is 0 Å². The number of anilines is 1. The predicted octanol–water partition coefficient (Wildman–Crippen LogP) is 3.56. The van der Waals surface area contributed by atoms with Gasteiger partial charge in [0.05, 0.1) is 31.5 Å². The number of ether oxygens (including phenoxy) is 2. The number of nitrogens with one attached hydrogen (secondary N) is 1. The van der Waals surface area contributed by atoms with Crippen LogP contribution in [0.3, 0.4) is 0 Å². The average Bonchev–Trinajstić information content (AvgIpc) is 2.56. The third-order valence-electron chi connectivity index (χ3n) is 4.34. The molecule has 1 aliphatic rings. The Kier molecular flexibility index (Phi) is 6.54. The van der Waals surface area contributed by atoms with Crippen molar-refractivity contribution in [3.63, 3.8) is 0 Å². The maximum absolute atomic E-state index is 12.3. The first kappa shape index (κ1) is 17.9. The molecule has 128 valence electrons. The Morgan fingerprint density at radius 2 is 1.87 bits per heavy atom. The maximum atomic E-state index is 12.3. The van der Waals surface area contributed by atoms with Gasteiger partial charge in [-0.3, -0.25) is 9.69 Å². The third kappa shape index (κ3) is 4.75. The highest BCUT2D eigenvalue weighted by Crippen LogP contribution is 2.35. The number of carbonyl (C=O) groups excluding carboxylic acids is 1. The molecule has 0 unspecified atom stereocenters. The molecule has 2 rings (SSSR count). The van der Waals surface area contributed by atoms with Crippen molar-refractivity contribution in [2.75, 3.05) is 33.1 Å². The number of halogens is 1. The fourth-order valence-electron chi connectivity index (χ4n) is 3.03. The Labute approximate surface area is 142 Å². The van der Waals surface area contributed by atoms with Crippen molar-refractivity contribution in [1.29, 1.82) is 0 Å². The molecule has 0 spiro atoms. The van der Waals surface area contributed by atoms with Crippen molar-refractivity contribution in [3.8, 4) is 11.5 Å². The van der Waals surface area contributed by atoms with Crippen LogP contribution in [0, 0.1) is 0 Å². The molecule has 1 amide bonds. The van der Waals surface area contributed by atoms with Crippen LogP contribution in [0.4, 0.5) is 5.69 Å². The largest absolute Gasteiger partial charge is 0.495 e. The minimum atomic E-state index is -0.0688. The van der Waals surface area contributed by atoms with Crippen molar-refractivity contribution in [1.82, 2.24) is 4.90 Å². The number of likely N-dealkylation sites (N-methyl/N-ethyl adjacent to an activating group) is 1. The lowest BCUT2D eigenvalue weighted by atomic mass is 9.94. The van der Waals surface area contributed by atoms with Gasteiger partial charge in [-0.05, 0) is 19.9 Å². The number of rotatable bonds is 6. The molecule has 0 bridgehead atoms. The first-order chi connectivity index (χ1) is 11.0. The Bertz CT molecular complexity index is 545. The first-order valence-electron chi connectivity index (χ1n) is 7.96. The van der Waals surface area contributed by atoms with Gasteiger partial charge in [0, 0.05) is 18.2 Å². The Balaban J connectivity index is 2.01. The van der Waals surface area contributed by atoms with Crippen LogP contribution in [0.15, 0.2) is 12.1 Å². The third-order valence-corrected chi connectivity index (χ3v) is 4.63. The summed E-state index contributed by atoms with van der Waals surface area (Å²) in [7, 11) is 5.09. The number of hydrogen-bond donors (Lipinski definition) is 1. The Morgan fingerprint density at radius 3 is 2.48 bits per heavy atom. The minimum absolute atomic E-state index is 0.0688. The molecule has 1 aromatic rings. The van der Waals surface area contributed by atoms with Gasteiger partial charge in [0.1, 0.15) is 11.5 Å². The molecule has 6 heteroatoms. The second-order valence-corrected chi connectivity index (χ2v) is 6.35. The van der Waals surface area contributed by atoms with E-state index in [9.17, 15) is 4.79 Å². The molecular formula is C17H25ClN2O3. The second-order valence-electron chi connectivity index (χ2n) is 5.94. The number of methoxy groups -OCH3 is 2. The normalized spacial score (nSPS) is 15.5. The number of hydrogen-bond acceptors (Lipinski definition) is 4. The van der Waals surface area contributed by atoms with Crippen LogP contribution in [-0.2, 0) is 4.79 Å². The zero-order valence-corrected chi connectivity index (χ0v) is 14.8. The fourth-order valence-corrected chi connectivity index (χ4v) is 3.26. The Hall–Kier alpha value is -1.46. The van der Waals surface area contributed by atoms with Crippen molar-refractivity contribution < 1.29 is 14.3 Å². The lowest BCUT2D eigenvalue weighted by Crippen LogP contribution is -2.39. The molecule has 0 aliphatic heterocycles. The predicted molar refractivity (Wildman–Crippen MR) is 92.7 cm³/mol. The average molecular weight is 341 g/mol. The zero-order chi connectivity index (χ0) is 16.8. The van der Waals surface area contributed by atoms with E-state index in [-0.39, 0.29) is 5.91 Å². The summed E-state index contributed by atoms with van der Waals surface area (Å²) in [5, 5.41) is 3.34. The van der Waals surface area contributed by atoms with Crippen molar-refractivity contribution in [3.05, 3.63) is 17.2 Å². The summed E-state index contributed by atoms with van der Waals surface area (Å²) < 4.78 is 10.5. The molecular weight excluding hydrogens is 316 g/mol. The summed E-state index contributed by atoms with van der Waals surface area (Å²) in [6.45, 7) is 0.360. The molecule has 23 heavy (non-hydrogen) atoms. The van der Waals surface area contributed by atoms with E-state index in [2.05, 4.69) is 10.2 Å². The molecule has 0 aromatic heterocycles. The van der Waals surface area contributed by atoms with Crippen LogP contribution >= 0.6 is 11.6 Å². The van der Waals surface area contributed by atoms with E-state index in [0.717, 1.165) is 0 Å². The molecule has 5 nitrogen and oxygen atoms in total. The van der Waals surface area contributed by atoms with Gasteiger partial charge in [0.2, 0.25) is 5.91 Å². The van der Waals surface area contributed by atoms with E-state index < -0.39 is 0 Å². The summed E-state index contributed by atoms with van der Waals surface area (Å²) >= 11 is 6.08. The van der Waals surface area contributed by atoms with Gasteiger partial charge < -0.3 is 14.8 Å². The van der Waals surface area contributed by atoms with Crippen molar-refractivity contribution in [2.24, 2.45) is 0 Å². The van der Waals surface area contributed by atoms with E-state index in [0.29, 0.717) is 34.8 Å². The lowest BCUT2D eigenvalue weighted by Gasteiger charge is -2.30. The molecule has 1 aromatic carbocycles. The monoisotopic (exact) mass is 340 g/mol. The number of benzene rings is 1. The molecule has 1 N–H and O–H groups in total. The van der Waals surface area contributed by atoms with E-state index >= 15 is 0 Å². The van der Waals surface area contributed by atoms with E-state index in [1.807, 2.05) is 7.05 Å². The topological polar surface area (TPSA) is 50.8 Å². The number of nitrogens with zero attached hydrogens (tertiary/aromatic N) is 1. The molecule has 0 saturated heterocycles. The van der Waals surface area contributed by atoms with E-state index in [1.165, 1.54) is 39.2 Å². The Morgan fingerprint density at radius 1 is 1.22 bits per heavy atom. The summed E-state index contributed by atoms with van der Waals surface area (Å²) in [6.07, 6.45) is 6.14. The highest BCUT2D eigenvalue weighted by Gasteiger charge is 2.20. The van der Waals surface area contributed by atoms with Gasteiger partial charge in [0.15, 0.2) is 0 Å². The van der Waals surface area contributed by atoms with Crippen LogP contribution < -0.4 is 14.8 Å². The maximum Gasteiger partial charge on any atom is 0.238 e. The summed E-state index contributed by atoms with van der Waals surface area (Å²) in [5.74, 6) is 0.952. The van der Waals surface area contributed by atoms with Crippen LogP contribution in [0.1, 0.15) is 32.1 Å². The molecule has 0 atom stereocenters. The number of amides is 1. The molecule has 0 heterocycles. The van der Waals surface area contributed by atoms with Crippen LogP contribution in [-0.4, -0.2) is 44.7 Å². The zero-order valence-electron chi connectivity index (χ0n) is 14.0. The summed E-state index contributed by atoms with van der Waals surface area (Å²) in [5.41, 5.74) is 0.566. The van der Waals surface area contributed by atoms with Gasteiger partial charge in [-0.1, -0.05) is 30.9 Å². The first-order valence-corrected chi connectivity index (χ1v) is 8.34. The quantitative estimate of drug-likeness (QED) is 0.860. The smallest absolute Gasteiger partial charge is 0.238 e. The van der Waals surface area contributed by atoms with Crippen LogP contribution in [0.25, 0.3) is 0 Å². The molecule has 0 radical (unpaired) electrons. The summed E-state index contributed by atoms with van der Waals surface area (Å²) in [4.78, 5) is 14.5. The highest BCUT2D eigenvalue weighted by atomic mass is 35.5. The van der Waals surface area contributed by atoms with Gasteiger partial charge in [0.25, 0.3) is 0 Å². The minimum Gasteiger partial charge on any atom is -0.495 e. The summed E-state index contributed by atoms with van der Waals surface area (Å²) in [6, 6.07) is 3.82. The van der Waals surface area contributed by atoms with Crippen LogP contribution in [0.2, 0.25) is 5.02 Å². The van der Waals surface area contributed by atoms with E-state index in [4.69, 9.17) is 21.1 Å². The number of carbonyl (C=O) groups is 1. The standard InChI is InChI=1S/C17H25ClN2O3/c1-20(12-7-5-4-6-8-12)11-17(21)19-14-10-15(22-2)13(18)9-16(14)23-3/h9-10,12H,4-8,11H2,1-3H3,(H,19,21). The van der Waals surface area contributed by atoms with Gasteiger partial charge in [-0.15, -0.1) is 0 Å². The van der Waals surface area contributed by atoms with Gasteiger partial charge in [-0.2, -0.15) is 0 Å². The lowest BCUT2D eigenvalue weighted by molar-refractivity contribution is -0.117. The molecule has 1 saturated carbocycles. The molecule has 1 aliphatic carbocycles. The highest BCUT2D eigenvalue weighted by molar-refractivity contribution is 6.32. The van der Waals surface area contributed by atoms with E-state index in [1.54, 1.807) is 19.2 Å².